The highest BCUT2D eigenvalue weighted by molar-refractivity contribution is 5.69. The lowest BCUT2D eigenvalue weighted by Crippen LogP contribution is -2.65. The van der Waals surface area contributed by atoms with Gasteiger partial charge < -0.3 is 52.1 Å². The monoisotopic (exact) mass is 678 g/mol. The molecule has 0 saturated carbocycles. The Kier molecular flexibility index (Phi) is 14.0. The van der Waals surface area contributed by atoms with Crippen molar-refractivity contribution in [3.63, 3.8) is 0 Å². The standard InChI is InChI=1S/C28H38O19/c1-12(29)37-9-20-22(40-15(4)32)24(42-17(6)34)25(43-18(7)35)27(45-20)47-28(11-39-14(3)31)26(44-19(8)36)23(41-16(5)33)21(46-28)10-38-13(2)30/h20-27H,9-11H2,1-8H3/t20-,21-,22-,23-,24+,25-,26+,27-,28+/m0/s1. The van der Waals surface area contributed by atoms with Crippen LogP contribution in [0.25, 0.3) is 0 Å². The van der Waals surface area contributed by atoms with Crippen molar-refractivity contribution in [2.24, 2.45) is 0 Å². The second kappa shape index (κ2) is 17.0. The summed E-state index contributed by atoms with van der Waals surface area (Å²) in [6.45, 7) is 6.12. The molecule has 2 rings (SSSR count). The first-order valence-corrected chi connectivity index (χ1v) is 14.1. The molecule has 264 valence electrons. The van der Waals surface area contributed by atoms with E-state index in [4.69, 9.17) is 52.1 Å². The van der Waals surface area contributed by atoms with Crippen molar-refractivity contribution >= 4 is 47.8 Å². The van der Waals surface area contributed by atoms with Crippen LogP contribution < -0.4 is 0 Å². The molecule has 0 aromatic carbocycles. The first-order chi connectivity index (χ1) is 21.8. The lowest BCUT2D eigenvalue weighted by atomic mass is 9.97. The smallest absolute Gasteiger partial charge is 0.303 e. The third kappa shape index (κ3) is 11.4. The molecule has 47 heavy (non-hydrogen) atoms. The molecule has 0 bridgehead atoms. The van der Waals surface area contributed by atoms with Crippen LogP contribution in [0.15, 0.2) is 0 Å². The van der Waals surface area contributed by atoms with Gasteiger partial charge in [0.1, 0.15) is 32.0 Å². The molecule has 0 unspecified atom stereocenters. The van der Waals surface area contributed by atoms with E-state index < -0.39 is 122 Å². The van der Waals surface area contributed by atoms with Gasteiger partial charge >= 0.3 is 47.8 Å². The molecule has 2 saturated heterocycles. The summed E-state index contributed by atoms with van der Waals surface area (Å²) >= 11 is 0. The van der Waals surface area contributed by atoms with E-state index in [0.717, 1.165) is 55.4 Å². The Balaban J connectivity index is 2.78. The van der Waals surface area contributed by atoms with E-state index in [-0.39, 0.29) is 0 Å². The van der Waals surface area contributed by atoms with Crippen molar-refractivity contribution in [1.82, 2.24) is 0 Å². The van der Waals surface area contributed by atoms with Gasteiger partial charge in [-0.3, -0.25) is 38.4 Å². The molecule has 2 heterocycles. The highest BCUT2D eigenvalue weighted by Crippen LogP contribution is 2.41. The van der Waals surface area contributed by atoms with Crippen LogP contribution in [0.4, 0.5) is 0 Å². The molecular weight excluding hydrogens is 640 g/mol. The first-order valence-electron chi connectivity index (χ1n) is 14.1. The SMILES string of the molecule is CC(=O)OC[C@@H]1O[C@@H](O[C@@]2(COC(C)=O)O[C@@H](COC(C)=O)[C@H](OC(C)=O)[C@H]2OC(C)=O)[C@@H](OC(C)=O)[C@H](OC(C)=O)[C@H]1OC(C)=O. The fourth-order valence-corrected chi connectivity index (χ4v) is 4.76. The summed E-state index contributed by atoms with van der Waals surface area (Å²) in [5.41, 5.74) is 0. The molecule has 19 nitrogen and oxygen atoms in total. The Bertz CT molecular complexity index is 1210. The van der Waals surface area contributed by atoms with Gasteiger partial charge in [0.05, 0.1) is 0 Å². The largest absolute Gasteiger partial charge is 0.463 e. The summed E-state index contributed by atoms with van der Waals surface area (Å²) in [7, 11) is 0. The molecule has 0 radical (unpaired) electrons. The third-order valence-electron chi connectivity index (χ3n) is 6.24. The van der Waals surface area contributed by atoms with Gasteiger partial charge in [0.15, 0.2) is 30.5 Å². The van der Waals surface area contributed by atoms with E-state index in [1.807, 2.05) is 0 Å². The van der Waals surface area contributed by atoms with Crippen molar-refractivity contribution in [2.45, 2.75) is 110 Å². The van der Waals surface area contributed by atoms with Crippen molar-refractivity contribution in [1.29, 1.82) is 0 Å². The van der Waals surface area contributed by atoms with Crippen molar-refractivity contribution in [3.8, 4) is 0 Å². The van der Waals surface area contributed by atoms with Crippen LogP contribution in [-0.4, -0.2) is 122 Å². The number of carbonyl (C=O) groups is 8. The Hall–Kier alpha value is -4.36. The molecule has 0 aromatic rings. The molecule has 0 aromatic heterocycles. The Labute approximate surface area is 268 Å². The maximum Gasteiger partial charge on any atom is 0.303 e. The number of rotatable bonds is 13. The maximum atomic E-state index is 12.3. The van der Waals surface area contributed by atoms with Crippen LogP contribution >= 0.6 is 0 Å². The van der Waals surface area contributed by atoms with E-state index >= 15 is 0 Å². The predicted molar refractivity (Wildman–Crippen MR) is 145 cm³/mol. The Morgan fingerprint density at radius 3 is 1.38 bits per heavy atom. The topological polar surface area (TPSA) is 238 Å². The molecule has 0 aliphatic carbocycles. The summed E-state index contributed by atoms with van der Waals surface area (Å²) in [6, 6.07) is 0. The zero-order valence-corrected chi connectivity index (χ0v) is 27.0. The van der Waals surface area contributed by atoms with Gasteiger partial charge in [-0.05, 0) is 0 Å². The van der Waals surface area contributed by atoms with E-state index in [1.54, 1.807) is 0 Å². The lowest BCUT2D eigenvalue weighted by molar-refractivity contribution is -0.384. The number of hydrogen-bond donors (Lipinski definition) is 0. The van der Waals surface area contributed by atoms with Crippen LogP contribution in [-0.2, 0) is 90.5 Å². The third-order valence-corrected chi connectivity index (χ3v) is 6.24. The summed E-state index contributed by atoms with van der Waals surface area (Å²) in [5, 5.41) is 0. The zero-order valence-electron chi connectivity index (χ0n) is 27.0. The van der Waals surface area contributed by atoms with Gasteiger partial charge in [0.25, 0.3) is 0 Å². The minimum absolute atomic E-state index is 0.588. The lowest BCUT2D eigenvalue weighted by Gasteiger charge is -2.46. The summed E-state index contributed by atoms with van der Waals surface area (Å²) in [6.07, 6.45) is -13.2. The van der Waals surface area contributed by atoms with Crippen LogP contribution in [0.5, 0.6) is 0 Å². The van der Waals surface area contributed by atoms with Crippen molar-refractivity contribution in [2.75, 3.05) is 19.8 Å². The minimum Gasteiger partial charge on any atom is -0.463 e. The van der Waals surface area contributed by atoms with E-state index in [2.05, 4.69) is 0 Å². The predicted octanol–water partition coefficient (Wildman–Crippen LogP) is -0.829. The number of esters is 8. The van der Waals surface area contributed by atoms with Crippen molar-refractivity contribution in [3.05, 3.63) is 0 Å². The van der Waals surface area contributed by atoms with Crippen molar-refractivity contribution < 1.29 is 90.5 Å². The molecule has 2 aliphatic heterocycles. The maximum absolute atomic E-state index is 12.3. The van der Waals surface area contributed by atoms with Gasteiger partial charge in [-0.1, -0.05) is 0 Å². The summed E-state index contributed by atoms with van der Waals surface area (Å²) < 4.78 is 60.5. The molecule has 9 atom stereocenters. The zero-order chi connectivity index (χ0) is 35.6. The molecule has 2 aliphatic rings. The van der Waals surface area contributed by atoms with Crippen LogP contribution in [0.2, 0.25) is 0 Å². The van der Waals surface area contributed by atoms with E-state index in [9.17, 15) is 38.4 Å². The van der Waals surface area contributed by atoms with Crippen LogP contribution in [0.1, 0.15) is 55.4 Å². The van der Waals surface area contributed by atoms with Gasteiger partial charge in [-0.2, -0.15) is 0 Å². The number of hydrogen-bond acceptors (Lipinski definition) is 19. The molecule has 0 spiro atoms. The van der Waals surface area contributed by atoms with Gasteiger partial charge in [0.2, 0.25) is 12.1 Å². The summed E-state index contributed by atoms with van der Waals surface area (Å²) in [4.78, 5) is 96.4. The van der Waals surface area contributed by atoms with Gasteiger partial charge in [-0.25, -0.2) is 0 Å². The molecule has 19 heteroatoms. The average Bonchev–Trinajstić information content (AvgIpc) is 3.18. The molecular formula is C28H38O19. The molecule has 2 fully saturated rings. The van der Waals surface area contributed by atoms with E-state index in [1.165, 1.54) is 0 Å². The molecule has 0 amide bonds. The second-order valence-electron chi connectivity index (χ2n) is 10.3. The second-order valence-corrected chi connectivity index (χ2v) is 10.3. The minimum atomic E-state index is -2.48. The number of carbonyl (C=O) groups excluding carboxylic acids is 8. The van der Waals surface area contributed by atoms with Crippen LogP contribution in [0, 0.1) is 0 Å². The normalized spacial score (nSPS) is 29.8. The number of ether oxygens (including phenoxy) is 11. The Morgan fingerprint density at radius 1 is 0.489 bits per heavy atom. The first kappa shape index (κ1) is 38.8. The fourth-order valence-electron chi connectivity index (χ4n) is 4.76. The average molecular weight is 679 g/mol. The highest BCUT2D eigenvalue weighted by Gasteiger charge is 2.65. The highest BCUT2D eigenvalue weighted by atomic mass is 16.8. The summed E-state index contributed by atoms with van der Waals surface area (Å²) in [5.74, 6) is -9.54. The van der Waals surface area contributed by atoms with Gasteiger partial charge in [-0.15, -0.1) is 0 Å². The van der Waals surface area contributed by atoms with Gasteiger partial charge in [0, 0.05) is 55.4 Å². The Morgan fingerprint density at radius 2 is 0.915 bits per heavy atom. The molecule has 0 N–H and O–H groups in total. The van der Waals surface area contributed by atoms with Crippen LogP contribution in [0.3, 0.4) is 0 Å². The quantitative estimate of drug-likeness (QED) is 0.171. The fraction of sp³-hybridized carbons (Fsp3) is 0.714. The van der Waals surface area contributed by atoms with E-state index in [0.29, 0.717) is 0 Å².